The second-order valence-electron chi connectivity index (χ2n) is 3.57. The number of rotatable bonds is 8. The average molecular weight is 230 g/mol. The number of hydrogen-bond donors (Lipinski definition) is 3. The lowest BCUT2D eigenvalue weighted by Crippen LogP contribution is -2.41. The molecule has 0 saturated heterocycles. The maximum Gasteiger partial charge on any atom is 0.326 e. The highest BCUT2D eigenvalue weighted by Crippen LogP contribution is 2.00. The number of hydrogen-bond acceptors (Lipinski definition) is 3. The molecule has 4 N–H and O–H groups in total. The van der Waals surface area contributed by atoms with Crippen molar-refractivity contribution in [3.8, 4) is 0 Å². The van der Waals surface area contributed by atoms with Crippen LogP contribution in [0.4, 0.5) is 0 Å². The highest BCUT2D eigenvalue weighted by atomic mass is 16.4. The lowest BCUT2D eigenvalue weighted by molar-refractivity contribution is -0.142. The van der Waals surface area contributed by atoms with Crippen molar-refractivity contribution in [3.05, 3.63) is 0 Å². The smallest absolute Gasteiger partial charge is 0.326 e. The van der Waals surface area contributed by atoms with E-state index in [1.54, 1.807) is 0 Å². The lowest BCUT2D eigenvalue weighted by Gasteiger charge is -2.13. The molecule has 0 heterocycles. The van der Waals surface area contributed by atoms with Crippen LogP contribution in [0.3, 0.4) is 0 Å². The van der Waals surface area contributed by atoms with Crippen LogP contribution in [-0.2, 0) is 14.4 Å². The van der Waals surface area contributed by atoms with Crippen molar-refractivity contribution in [2.45, 2.75) is 45.1 Å². The Bertz CT molecular complexity index is 266. The summed E-state index contributed by atoms with van der Waals surface area (Å²) in [7, 11) is 0. The average Bonchev–Trinajstić information content (AvgIpc) is 2.20. The Hall–Kier alpha value is -1.59. The molecule has 6 nitrogen and oxygen atoms in total. The van der Waals surface area contributed by atoms with Gasteiger partial charge in [-0.2, -0.15) is 0 Å². The summed E-state index contributed by atoms with van der Waals surface area (Å²) in [6.07, 6.45) is 1.87. The van der Waals surface area contributed by atoms with Gasteiger partial charge < -0.3 is 16.2 Å². The van der Waals surface area contributed by atoms with Gasteiger partial charge in [0.25, 0.3) is 0 Å². The summed E-state index contributed by atoms with van der Waals surface area (Å²) in [4.78, 5) is 32.5. The van der Waals surface area contributed by atoms with Gasteiger partial charge in [-0.1, -0.05) is 13.3 Å². The molecule has 0 saturated carbocycles. The van der Waals surface area contributed by atoms with Crippen LogP contribution in [0.25, 0.3) is 0 Å². The molecule has 0 unspecified atom stereocenters. The molecule has 2 amide bonds. The summed E-state index contributed by atoms with van der Waals surface area (Å²) in [5, 5.41) is 11.2. The second-order valence-corrected chi connectivity index (χ2v) is 3.57. The molecule has 0 aromatic carbocycles. The number of nitrogens with one attached hydrogen (secondary N) is 1. The number of aliphatic carboxylic acids is 1. The van der Waals surface area contributed by atoms with Crippen molar-refractivity contribution in [2.24, 2.45) is 5.73 Å². The zero-order chi connectivity index (χ0) is 12.6. The SMILES string of the molecule is CCCCC(=O)N[C@H](CCC(N)=O)C(=O)O. The van der Waals surface area contributed by atoms with Crippen molar-refractivity contribution in [2.75, 3.05) is 0 Å². The first-order valence-corrected chi connectivity index (χ1v) is 5.27. The molecule has 6 heteroatoms. The van der Waals surface area contributed by atoms with Crippen LogP contribution in [0.15, 0.2) is 0 Å². The van der Waals surface area contributed by atoms with E-state index in [0.717, 1.165) is 6.42 Å². The summed E-state index contributed by atoms with van der Waals surface area (Å²) in [6.45, 7) is 1.94. The maximum atomic E-state index is 11.3. The van der Waals surface area contributed by atoms with E-state index in [4.69, 9.17) is 10.8 Å². The Balaban J connectivity index is 4.07. The Morgan fingerprint density at radius 2 is 1.94 bits per heavy atom. The molecule has 0 aliphatic carbocycles. The highest BCUT2D eigenvalue weighted by molar-refractivity contribution is 5.84. The van der Waals surface area contributed by atoms with E-state index in [1.165, 1.54) is 0 Å². The van der Waals surface area contributed by atoms with Gasteiger partial charge in [-0.3, -0.25) is 9.59 Å². The molecule has 1 atom stereocenters. The monoisotopic (exact) mass is 230 g/mol. The number of carboxylic acids is 1. The zero-order valence-electron chi connectivity index (χ0n) is 9.36. The van der Waals surface area contributed by atoms with Crippen molar-refractivity contribution in [1.29, 1.82) is 0 Å². The molecule has 0 rings (SSSR count). The number of unbranched alkanes of at least 4 members (excludes halogenated alkanes) is 1. The van der Waals surface area contributed by atoms with Gasteiger partial charge in [0.15, 0.2) is 0 Å². The third-order valence-electron chi connectivity index (χ3n) is 2.07. The number of carbonyl (C=O) groups is 3. The first-order chi connectivity index (χ1) is 7.47. The largest absolute Gasteiger partial charge is 0.480 e. The molecular formula is C10H18N2O4. The Morgan fingerprint density at radius 1 is 1.31 bits per heavy atom. The van der Waals surface area contributed by atoms with Gasteiger partial charge in [0, 0.05) is 12.8 Å². The van der Waals surface area contributed by atoms with Crippen molar-refractivity contribution in [3.63, 3.8) is 0 Å². The van der Waals surface area contributed by atoms with Gasteiger partial charge in [0.1, 0.15) is 6.04 Å². The fourth-order valence-corrected chi connectivity index (χ4v) is 1.15. The van der Waals surface area contributed by atoms with Crippen LogP contribution in [0.2, 0.25) is 0 Å². The summed E-state index contributed by atoms with van der Waals surface area (Å²) < 4.78 is 0. The fourth-order valence-electron chi connectivity index (χ4n) is 1.15. The number of amides is 2. The molecule has 0 aromatic heterocycles. The lowest BCUT2D eigenvalue weighted by atomic mass is 10.1. The molecule has 0 aliphatic heterocycles. The van der Waals surface area contributed by atoms with Crippen LogP contribution in [0.5, 0.6) is 0 Å². The Morgan fingerprint density at radius 3 is 2.38 bits per heavy atom. The van der Waals surface area contributed by atoms with Gasteiger partial charge in [-0.05, 0) is 12.8 Å². The van der Waals surface area contributed by atoms with Gasteiger partial charge in [0.2, 0.25) is 11.8 Å². The number of carboxylic acid groups (broad SMARTS) is 1. The molecule has 0 radical (unpaired) electrons. The van der Waals surface area contributed by atoms with E-state index >= 15 is 0 Å². The molecular weight excluding hydrogens is 212 g/mol. The van der Waals surface area contributed by atoms with Crippen molar-refractivity contribution < 1.29 is 19.5 Å². The van der Waals surface area contributed by atoms with Crippen LogP contribution < -0.4 is 11.1 Å². The quantitative estimate of drug-likeness (QED) is 0.545. The summed E-state index contributed by atoms with van der Waals surface area (Å²) in [6, 6.07) is -1.03. The summed E-state index contributed by atoms with van der Waals surface area (Å²) >= 11 is 0. The van der Waals surface area contributed by atoms with Gasteiger partial charge in [-0.25, -0.2) is 4.79 Å². The van der Waals surface area contributed by atoms with E-state index < -0.39 is 17.9 Å². The first-order valence-electron chi connectivity index (χ1n) is 5.27. The first kappa shape index (κ1) is 14.4. The van der Waals surface area contributed by atoms with E-state index in [2.05, 4.69) is 5.32 Å². The Labute approximate surface area is 94.2 Å². The molecule has 0 aromatic rings. The normalized spacial score (nSPS) is 11.8. The van der Waals surface area contributed by atoms with E-state index in [1.807, 2.05) is 6.92 Å². The van der Waals surface area contributed by atoms with E-state index in [9.17, 15) is 14.4 Å². The molecule has 0 fully saturated rings. The van der Waals surface area contributed by atoms with Crippen LogP contribution in [0, 0.1) is 0 Å². The second kappa shape index (κ2) is 7.67. The third kappa shape index (κ3) is 6.80. The minimum Gasteiger partial charge on any atom is -0.480 e. The number of carbonyl (C=O) groups excluding carboxylic acids is 2. The molecule has 0 spiro atoms. The third-order valence-corrected chi connectivity index (χ3v) is 2.07. The fraction of sp³-hybridized carbons (Fsp3) is 0.700. The zero-order valence-corrected chi connectivity index (χ0v) is 9.36. The van der Waals surface area contributed by atoms with E-state index in [-0.39, 0.29) is 18.7 Å². The van der Waals surface area contributed by atoms with E-state index in [0.29, 0.717) is 12.8 Å². The molecule has 0 aliphatic rings. The molecule has 16 heavy (non-hydrogen) atoms. The number of nitrogens with two attached hydrogens (primary N) is 1. The summed E-state index contributed by atoms with van der Waals surface area (Å²) in [5.74, 6) is -2.03. The predicted molar refractivity (Wildman–Crippen MR) is 57.5 cm³/mol. The van der Waals surface area contributed by atoms with Gasteiger partial charge in [0.05, 0.1) is 0 Å². The maximum absolute atomic E-state index is 11.3. The molecule has 0 bridgehead atoms. The highest BCUT2D eigenvalue weighted by Gasteiger charge is 2.19. The summed E-state index contributed by atoms with van der Waals surface area (Å²) in [5.41, 5.74) is 4.91. The molecule has 92 valence electrons. The topological polar surface area (TPSA) is 109 Å². The predicted octanol–water partition coefficient (Wildman–Crippen LogP) is 0.0115. The van der Waals surface area contributed by atoms with Crippen molar-refractivity contribution >= 4 is 17.8 Å². The van der Waals surface area contributed by atoms with Crippen molar-refractivity contribution in [1.82, 2.24) is 5.32 Å². The van der Waals surface area contributed by atoms with Crippen LogP contribution >= 0.6 is 0 Å². The van der Waals surface area contributed by atoms with Crippen LogP contribution in [-0.4, -0.2) is 28.9 Å². The van der Waals surface area contributed by atoms with Crippen LogP contribution in [0.1, 0.15) is 39.0 Å². The minimum atomic E-state index is -1.15. The standard InChI is InChI=1S/C10H18N2O4/c1-2-3-4-9(14)12-7(10(15)16)5-6-8(11)13/h7H,2-6H2,1H3,(H2,11,13)(H,12,14)(H,15,16)/t7-/m1/s1. The van der Waals surface area contributed by atoms with Gasteiger partial charge in [-0.15, -0.1) is 0 Å². The van der Waals surface area contributed by atoms with Gasteiger partial charge >= 0.3 is 5.97 Å². The Kier molecular flexibility index (Phi) is 6.91. The number of primary amides is 1. The minimum absolute atomic E-state index is 0.0303.